The van der Waals surface area contributed by atoms with Crippen LogP contribution in [0.4, 0.5) is 0 Å². The zero-order valence-corrected chi connectivity index (χ0v) is 12.5. The minimum Gasteiger partial charge on any atom is -0.314 e. The van der Waals surface area contributed by atoms with E-state index in [1.54, 1.807) is 0 Å². The van der Waals surface area contributed by atoms with Crippen LogP contribution in [0.5, 0.6) is 0 Å². The zero-order chi connectivity index (χ0) is 14.0. The molecule has 3 heteroatoms. The first-order valence-corrected chi connectivity index (χ1v) is 6.70. The first-order chi connectivity index (χ1) is 8.91. The minimum atomic E-state index is 0.194. The maximum absolute atomic E-state index is 4.57. The smallest absolute Gasteiger partial charge is 0.0926 e. The molecule has 0 saturated carbocycles. The van der Waals surface area contributed by atoms with Gasteiger partial charge in [-0.05, 0) is 24.1 Å². The molecule has 102 valence electrons. The van der Waals surface area contributed by atoms with Gasteiger partial charge in [-0.15, -0.1) is 0 Å². The van der Waals surface area contributed by atoms with Gasteiger partial charge >= 0.3 is 0 Å². The fraction of sp³-hybridized carbons (Fsp3) is 0.438. The second-order valence-electron chi connectivity index (χ2n) is 6.00. The Hall–Kier alpha value is -1.61. The van der Waals surface area contributed by atoms with E-state index in [0.29, 0.717) is 0 Å². The average molecular weight is 257 g/mol. The van der Waals surface area contributed by atoms with Crippen molar-refractivity contribution >= 4 is 0 Å². The van der Waals surface area contributed by atoms with Crippen LogP contribution in [-0.4, -0.2) is 16.8 Å². The highest BCUT2D eigenvalue weighted by molar-refractivity contribution is 5.60. The lowest BCUT2D eigenvalue weighted by atomic mass is 9.86. The molecule has 0 bridgehead atoms. The Morgan fingerprint density at radius 2 is 1.79 bits per heavy atom. The predicted octanol–water partition coefficient (Wildman–Crippen LogP) is 3.10. The van der Waals surface area contributed by atoms with Crippen LogP contribution in [0.3, 0.4) is 0 Å². The van der Waals surface area contributed by atoms with Crippen molar-refractivity contribution in [3.8, 4) is 11.3 Å². The highest BCUT2D eigenvalue weighted by atomic mass is 15.3. The molecule has 0 amide bonds. The van der Waals surface area contributed by atoms with Gasteiger partial charge in [0.05, 0.1) is 11.4 Å². The van der Waals surface area contributed by atoms with E-state index in [1.165, 1.54) is 16.8 Å². The molecule has 0 atom stereocenters. The molecule has 0 radical (unpaired) electrons. The molecule has 0 spiro atoms. The lowest BCUT2D eigenvalue weighted by Crippen LogP contribution is -2.10. The van der Waals surface area contributed by atoms with Gasteiger partial charge < -0.3 is 5.32 Å². The molecule has 1 heterocycles. The molecule has 0 aliphatic carbocycles. The molecule has 2 rings (SSSR count). The Balaban J connectivity index is 2.30. The van der Waals surface area contributed by atoms with Gasteiger partial charge in [-0.3, -0.25) is 4.68 Å². The molecular formula is C16H23N3. The van der Waals surface area contributed by atoms with Gasteiger partial charge in [-0.1, -0.05) is 45.0 Å². The Labute approximate surface area is 115 Å². The van der Waals surface area contributed by atoms with Crippen molar-refractivity contribution in [2.45, 2.75) is 32.7 Å². The van der Waals surface area contributed by atoms with Crippen LogP contribution in [0, 0.1) is 0 Å². The topological polar surface area (TPSA) is 29.9 Å². The first-order valence-electron chi connectivity index (χ1n) is 6.70. The number of aryl methyl sites for hydroxylation is 1. The molecule has 3 nitrogen and oxygen atoms in total. The molecule has 0 aliphatic rings. The molecule has 0 unspecified atom stereocenters. The van der Waals surface area contributed by atoms with E-state index in [9.17, 15) is 0 Å². The molecule has 1 N–H and O–H groups in total. The summed E-state index contributed by atoms with van der Waals surface area (Å²) >= 11 is 0. The second-order valence-corrected chi connectivity index (χ2v) is 6.00. The lowest BCUT2D eigenvalue weighted by molar-refractivity contribution is 0.590. The molecule has 1 aromatic heterocycles. The highest BCUT2D eigenvalue weighted by Crippen LogP contribution is 2.25. The summed E-state index contributed by atoms with van der Waals surface area (Å²) in [7, 11) is 3.94. The van der Waals surface area contributed by atoms with Crippen molar-refractivity contribution in [1.82, 2.24) is 15.1 Å². The predicted molar refractivity (Wildman–Crippen MR) is 80.1 cm³/mol. The lowest BCUT2D eigenvalue weighted by Gasteiger charge is -2.18. The largest absolute Gasteiger partial charge is 0.314 e. The average Bonchev–Trinajstić information content (AvgIpc) is 2.71. The maximum atomic E-state index is 4.57. The van der Waals surface area contributed by atoms with Crippen molar-refractivity contribution < 1.29 is 0 Å². The molecular weight excluding hydrogens is 234 g/mol. The molecule has 1 aromatic carbocycles. The third-order valence-corrected chi connectivity index (χ3v) is 3.38. The van der Waals surface area contributed by atoms with Gasteiger partial charge in [-0.2, -0.15) is 5.10 Å². The number of nitrogens with zero attached hydrogens (tertiary/aromatic N) is 2. The van der Waals surface area contributed by atoms with Crippen molar-refractivity contribution in [2.75, 3.05) is 7.05 Å². The Morgan fingerprint density at radius 1 is 1.16 bits per heavy atom. The maximum Gasteiger partial charge on any atom is 0.0926 e. The molecule has 0 aliphatic heterocycles. The quantitative estimate of drug-likeness (QED) is 0.915. The number of rotatable bonds is 3. The summed E-state index contributed by atoms with van der Waals surface area (Å²) in [5, 5.41) is 7.73. The van der Waals surface area contributed by atoms with Crippen LogP contribution in [0.15, 0.2) is 30.3 Å². The van der Waals surface area contributed by atoms with E-state index < -0.39 is 0 Å². The number of hydrogen-bond donors (Lipinski definition) is 1. The number of hydrogen-bond acceptors (Lipinski definition) is 2. The molecule has 0 fully saturated rings. The van der Waals surface area contributed by atoms with Gasteiger partial charge in [0.25, 0.3) is 0 Å². The van der Waals surface area contributed by atoms with Crippen LogP contribution in [-0.2, 0) is 19.0 Å². The van der Waals surface area contributed by atoms with Crippen molar-refractivity contribution in [3.63, 3.8) is 0 Å². The molecule has 0 saturated heterocycles. The van der Waals surface area contributed by atoms with E-state index in [1.807, 2.05) is 18.8 Å². The fourth-order valence-electron chi connectivity index (χ4n) is 2.13. The molecule has 19 heavy (non-hydrogen) atoms. The summed E-state index contributed by atoms with van der Waals surface area (Å²) in [6, 6.07) is 10.9. The van der Waals surface area contributed by atoms with E-state index in [2.05, 4.69) is 61.5 Å². The SMILES string of the molecule is CNCc1cc(-c2ccc(C(C)(C)C)cc2)nn1C. The van der Waals surface area contributed by atoms with E-state index >= 15 is 0 Å². The molecule has 2 aromatic rings. The number of aromatic nitrogens is 2. The third kappa shape index (κ3) is 3.04. The van der Waals surface area contributed by atoms with Crippen molar-refractivity contribution in [2.24, 2.45) is 7.05 Å². The summed E-state index contributed by atoms with van der Waals surface area (Å²) in [6.45, 7) is 7.53. The van der Waals surface area contributed by atoms with E-state index in [0.717, 1.165) is 12.2 Å². The van der Waals surface area contributed by atoms with E-state index in [-0.39, 0.29) is 5.41 Å². The minimum absolute atomic E-state index is 0.194. The zero-order valence-electron chi connectivity index (χ0n) is 12.5. The Kier molecular flexibility index (Phi) is 3.76. The Morgan fingerprint density at radius 3 is 2.32 bits per heavy atom. The van der Waals surface area contributed by atoms with Crippen LogP contribution in [0.25, 0.3) is 11.3 Å². The highest BCUT2D eigenvalue weighted by Gasteiger charge is 2.14. The Bertz CT molecular complexity index is 544. The fourth-order valence-corrected chi connectivity index (χ4v) is 2.13. The van der Waals surface area contributed by atoms with Crippen molar-refractivity contribution in [3.05, 3.63) is 41.6 Å². The summed E-state index contributed by atoms with van der Waals surface area (Å²) in [5.41, 5.74) is 4.94. The summed E-state index contributed by atoms with van der Waals surface area (Å²) < 4.78 is 1.93. The van der Waals surface area contributed by atoms with Crippen LogP contribution in [0.2, 0.25) is 0 Å². The summed E-state index contributed by atoms with van der Waals surface area (Å²) in [4.78, 5) is 0. The van der Waals surface area contributed by atoms with Gasteiger partial charge in [0.1, 0.15) is 0 Å². The van der Waals surface area contributed by atoms with E-state index in [4.69, 9.17) is 0 Å². The van der Waals surface area contributed by atoms with Gasteiger partial charge in [0, 0.05) is 19.2 Å². The summed E-state index contributed by atoms with van der Waals surface area (Å²) in [5.74, 6) is 0. The standard InChI is InChI=1S/C16H23N3/c1-16(2,3)13-8-6-12(7-9-13)15-10-14(11-17-4)19(5)18-15/h6-10,17H,11H2,1-5H3. The first kappa shape index (κ1) is 13.8. The van der Waals surface area contributed by atoms with Gasteiger partial charge in [-0.25, -0.2) is 0 Å². The number of nitrogens with one attached hydrogen (secondary N) is 1. The van der Waals surface area contributed by atoms with Crippen LogP contribution in [0.1, 0.15) is 32.0 Å². The monoisotopic (exact) mass is 257 g/mol. The number of benzene rings is 1. The van der Waals surface area contributed by atoms with Crippen LogP contribution >= 0.6 is 0 Å². The normalized spacial score (nSPS) is 11.8. The summed E-state index contributed by atoms with van der Waals surface area (Å²) in [6.07, 6.45) is 0. The van der Waals surface area contributed by atoms with Crippen molar-refractivity contribution in [1.29, 1.82) is 0 Å². The second kappa shape index (κ2) is 5.17. The van der Waals surface area contributed by atoms with Crippen LogP contribution < -0.4 is 5.32 Å². The third-order valence-electron chi connectivity index (χ3n) is 3.38. The van der Waals surface area contributed by atoms with Gasteiger partial charge in [0.15, 0.2) is 0 Å². The van der Waals surface area contributed by atoms with Gasteiger partial charge in [0.2, 0.25) is 0 Å².